The quantitative estimate of drug-likeness (QED) is 0.193. The predicted octanol–water partition coefficient (Wildman–Crippen LogP) is 7.41. The van der Waals surface area contributed by atoms with E-state index in [1.807, 2.05) is 154 Å². The minimum Gasteiger partial charge on any atom is -0.403 e. The van der Waals surface area contributed by atoms with Crippen molar-refractivity contribution in [3.8, 4) is 0 Å². The molecule has 0 aliphatic carbocycles. The Labute approximate surface area is 333 Å². The Morgan fingerprint density at radius 2 is 0.714 bits per heavy atom. The van der Waals surface area contributed by atoms with E-state index in [-0.39, 0.29) is 11.6 Å². The van der Waals surface area contributed by atoms with Crippen LogP contribution < -0.4 is 9.44 Å². The van der Waals surface area contributed by atoms with Crippen LogP contribution in [0.4, 0.5) is 0 Å². The first-order valence-electron chi connectivity index (χ1n) is 19.1. The minimum absolute atomic E-state index is 0.308. The Kier molecular flexibility index (Phi) is 9.94. The molecule has 4 atom stereocenters. The molecule has 0 spiro atoms. The Morgan fingerprint density at radius 3 is 1.02 bits per heavy atom. The fourth-order valence-corrected chi connectivity index (χ4v) is 11.8. The van der Waals surface area contributed by atoms with Crippen LogP contribution in [0.1, 0.15) is 91.5 Å². The first-order valence-corrected chi connectivity index (χ1v) is 22.1. The molecule has 0 aromatic heterocycles. The standard InChI is InChI=1S/2C21H26BNO4S/c2*1-15(22-26-19(2,3)20(4,5)27-22)21(16-11-7-6-8-12-16)17-13-9-10-14-18(17)28(24,25)23-21/h2*6-15,23H,1-5H3/t2*15-,21-/m11/s1. The molecule has 56 heavy (non-hydrogen) atoms. The molecule has 2 saturated heterocycles. The predicted molar refractivity (Wildman–Crippen MR) is 219 cm³/mol. The van der Waals surface area contributed by atoms with Crippen molar-refractivity contribution >= 4 is 34.3 Å². The molecule has 4 aliphatic heterocycles. The lowest BCUT2D eigenvalue weighted by Crippen LogP contribution is -2.49. The lowest BCUT2D eigenvalue weighted by molar-refractivity contribution is 0.00578. The van der Waals surface area contributed by atoms with Crippen molar-refractivity contribution in [1.29, 1.82) is 0 Å². The summed E-state index contributed by atoms with van der Waals surface area (Å²) in [6.45, 7) is 20.0. The van der Waals surface area contributed by atoms with Crippen molar-refractivity contribution in [1.82, 2.24) is 9.44 Å². The molecule has 2 N–H and O–H groups in total. The van der Waals surface area contributed by atoms with Gasteiger partial charge in [-0.05, 0) is 89.8 Å². The summed E-state index contributed by atoms with van der Waals surface area (Å²) in [5.41, 5.74) is -0.762. The highest BCUT2D eigenvalue weighted by Crippen LogP contribution is 2.54. The second-order valence-corrected chi connectivity index (χ2v) is 20.7. The summed E-state index contributed by atoms with van der Waals surface area (Å²) < 4.78 is 83.3. The molecule has 0 unspecified atom stereocenters. The topological polar surface area (TPSA) is 129 Å². The van der Waals surface area contributed by atoms with Crippen molar-refractivity contribution < 1.29 is 35.5 Å². The van der Waals surface area contributed by atoms with Crippen LogP contribution in [0.2, 0.25) is 11.6 Å². The fourth-order valence-electron chi connectivity index (χ4n) is 8.32. The van der Waals surface area contributed by atoms with Gasteiger partial charge in [0, 0.05) is 11.6 Å². The van der Waals surface area contributed by atoms with E-state index in [0.29, 0.717) is 9.79 Å². The van der Waals surface area contributed by atoms with Crippen molar-refractivity contribution in [2.75, 3.05) is 0 Å². The molecule has 4 aliphatic rings. The van der Waals surface area contributed by atoms with Gasteiger partial charge in [-0.1, -0.05) is 111 Å². The second kappa shape index (κ2) is 13.6. The molecule has 0 radical (unpaired) electrons. The SMILES string of the molecule is C[C@@H](B1OC(C)(C)C(C)(C)O1)[C@]1(c2ccccc2)NS(=O)(=O)c2ccccc21.C[C@@H](B1OC(C)(C)C(C)(C)O1)[C@]1(c2ccccc2)NS(=O)(=O)c2ccccc21. The van der Waals surface area contributed by atoms with Crippen molar-refractivity contribution in [3.63, 3.8) is 0 Å². The number of nitrogens with one attached hydrogen (secondary N) is 2. The number of hydrogen-bond donors (Lipinski definition) is 2. The number of hydrogen-bond acceptors (Lipinski definition) is 8. The lowest BCUT2D eigenvalue weighted by atomic mass is 9.58. The van der Waals surface area contributed by atoms with Crippen molar-refractivity contribution in [2.45, 2.75) is 124 Å². The average Bonchev–Trinajstić information content (AvgIpc) is 3.73. The van der Waals surface area contributed by atoms with Gasteiger partial charge in [0.05, 0.1) is 43.3 Å². The van der Waals surface area contributed by atoms with Crippen molar-refractivity contribution in [2.24, 2.45) is 0 Å². The first kappa shape index (κ1) is 40.9. The maximum absolute atomic E-state index is 13.0. The Morgan fingerprint density at radius 1 is 0.446 bits per heavy atom. The van der Waals surface area contributed by atoms with Crippen molar-refractivity contribution in [3.05, 3.63) is 131 Å². The van der Waals surface area contributed by atoms with Gasteiger partial charge in [-0.25, -0.2) is 16.8 Å². The zero-order valence-electron chi connectivity index (χ0n) is 33.8. The average molecular weight is 799 g/mol. The van der Waals surface area contributed by atoms with E-state index in [0.717, 1.165) is 22.3 Å². The number of rotatable bonds is 6. The number of benzene rings is 4. The van der Waals surface area contributed by atoms with E-state index in [1.54, 1.807) is 24.3 Å². The number of sulfonamides is 2. The fraction of sp³-hybridized carbons (Fsp3) is 0.429. The van der Waals surface area contributed by atoms with Crippen LogP contribution in [-0.2, 0) is 49.7 Å². The van der Waals surface area contributed by atoms with E-state index in [9.17, 15) is 16.8 Å². The molecule has 8 rings (SSSR count). The molecule has 4 aromatic carbocycles. The molecule has 4 aromatic rings. The van der Waals surface area contributed by atoms with E-state index >= 15 is 0 Å². The van der Waals surface area contributed by atoms with Gasteiger partial charge in [-0.2, -0.15) is 9.44 Å². The van der Waals surface area contributed by atoms with Crippen LogP contribution in [0.3, 0.4) is 0 Å². The zero-order chi connectivity index (χ0) is 40.7. The van der Waals surface area contributed by atoms with Crippen LogP contribution >= 0.6 is 0 Å². The summed E-state index contributed by atoms with van der Waals surface area (Å²) in [6, 6.07) is 33.6. The van der Waals surface area contributed by atoms with Crippen LogP contribution in [-0.4, -0.2) is 53.5 Å². The first-order chi connectivity index (χ1) is 26.0. The molecule has 0 saturated carbocycles. The van der Waals surface area contributed by atoms with Gasteiger partial charge < -0.3 is 18.6 Å². The molecule has 2 fully saturated rings. The van der Waals surface area contributed by atoms with Gasteiger partial charge in [-0.15, -0.1) is 0 Å². The summed E-state index contributed by atoms with van der Waals surface area (Å²) in [6.07, 6.45) is 0. The smallest absolute Gasteiger partial charge is 0.403 e. The summed E-state index contributed by atoms with van der Waals surface area (Å²) in [5.74, 6) is -0.622. The van der Waals surface area contributed by atoms with Gasteiger partial charge >= 0.3 is 14.2 Å². The Hall–Kier alpha value is -3.33. The van der Waals surface area contributed by atoms with Gasteiger partial charge in [-0.3, -0.25) is 0 Å². The maximum Gasteiger partial charge on any atom is 0.463 e. The van der Waals surface area contributed by atoms with Gasteiger partial charge in [0.15, 0.2) is 0 Å². The largest absolute Gasteiger partial charge is 0.463 e. The highest BCUT2D eigenvalue weighted by molar-refractivity contribution is 7.90. The summed E-state index contributed by atoms with van der Waals surface area (Å²) in [4.78, 5) is 0.615. The van der Waals surface area contributed by atoms with Crippen LogP contribution in [0.15, 0.2) is 119 Å². The van der Waals surface area contributed by atoms with E-state index in [4.69, 9.17) is 18.6 Å². The third kappa shape index (κ3) is 6.32. The molecule has 0 amide bonds. The van der Waals surface area contributed by atoms with Gasteiger partial charge in [0.25, 0.3) is 0 Å². The molecule has 14 heteroatoms. The highest BCUT2D eigenvalue weighted by atomic mass is 32.2. The number of fused-ring (bicyclic) bond motifs is 2. The lowest BCUT2D eigenvalue weighted by Gasteiger charge is -2.37. The summed E-state index contributed by atoms with van der Waals surface area (Å²) in [5, 5.41) is 0. The molecule has 4 heterocycles. The van der Waals surface area contributed by atoms with E-state index < -0.39 is 67.8 Å². The minimum atomic E-state index is -3.65. The van der Waals surface area contributed by atoms with Crippen LogP contribution in [0.25, 0.3) is 0 Å². The summed E-state index contributed by atoms with van der Waals surface area (Å²) in [7, 11) is -8.45. The van der Waals surface area contributed by atoms with Crippen LogP contribution in [0.5, 0.6) is 0 Å². The second-order valence-electron chi connectivity index (χ2n) is 17.4. The van der Waals surface area contributed by atoms with Crippen LogP contribution in [0, 0.1) is 0 Å². The van der Waals surface area contributed by atoms with Gasteiger partial charge in [0.2, 0.25) is 20.0 Å². The third-order valence-corrected chi connectivity index (χ3v) is 16.0. The summed E-state index contributed by atoms with van der Waals surface area (Å²) >= 11 is 0. The molecular formula is C42H52B2N2O8S2. The Balaban J connectivity index is 0.000000172. The zero-order valence-corrected chi connectivity index (χ0v) is 35.4. The molecule has 0 bridgehead atoms. The highest BCUT2D eigenvalue weighted by Gasteiger charge is 2.62. The van der Waals surface area contributed by atoms with Gasteiger partial charge in [0.1, 0.15) is 0 Å². The van der Waals surface area contributed by atoms with E-state index in [2.05, 4.69) is 9.44 Å². The normalized spacial score (nSPS) is 28.1. The maximum atomic E-state index is 13.0. The Bertz CT molecular complexity index is 2150. The molecular weight excluding hydrogens is 746 g/mol. The third-order valence-electron chi connectivity index (χ3n) is 13.0. The monoisotopic (exact) mass is 798 g/mol. The molecule has 296 valence electrons. The van der Waals surface area contributed by atoms with E-state index in [1.165, 1.54) is 0 Å². The molecule has 10 nitrogen and oxygen atoms in total.